The molecule has 116 valence electrons. The van der Waals surface area contributed by atoms with Gasteiger partial charge in [0.2, 0.25) is 5.91 Å². The average Bonchev–Trinajstić information content (AvgIpc) is 2.48. The quantitative estimate of drug-likeness (QED) is 0.603. The highest BCUT2D eigenvalue weighted by Gasteiger charge is 2.16. The van der Waals surface area contributed by atoms with E-state index < -0.39 is 18.0 Å². The lowest BCUT2D eigenvalue weighted by molar-refractivity contribution is -0.148. The number of carbonyl (C=O) groups excluding carboxylic acids is 1. The van der Waals surface area contributed by atoms with E-state index in [4.69, 9.17) is 14.6 Å². The van der Waals surface area contributed by atoms with Gasteiger partial charge in [-0.2, -0.15) is 0 Å². The summed E-state index contributed by atoms with van der Waals surface area (Å²) in [6, 6.07) is 9.25. The van der Waals surface area contributed by atoms with Gasteiger partial charge in [-0.1, -0.05) is 18.2 Å². The first kappa shape index (κ1) is 16.9. The summed E-state index contributed by atoms with van der Waals surface area (Å²) in [7, 11) is 1.27. The third-order valence-electron chi connectivity index (χ3n) is 2.52. The fraction of sp³-hybridized carbons (Fsp3) is 0.429. The Hall–Kier alpha value is -2.12. The summed E-state index contributed by atoms with van der Waals surface area (Å²) in [5, 5.41) is 11.1. The zero-order valence-corrected chi connectivity index (χ0v) is 11.8. The Labute approximate surface area is 122 Å². The molecule has 1 rings (SSSR count). The highest BCUT2D eigenvalue weighted by atomic mass is 16.5. The Morgan fingerprint density at radius 2 is 1.95 bits per heavy atom. The van der Waals surface area contributed by atoms with Crippen molar-refractivity contribution in [3.05, 3.63) is 30.3 Å². The number of carbonyl (C=O) groups is 2. The smallest absolute Gasteiger partial charge is 0.334 e. The highest BCUT2D eigenvalue weighted by molar-refractivity contribution is 5.79. The second-order valence-electron chi connectivity index (χ2n) is 4.08. The van der Waals surface area contributed by atoms with Crippen LogP contribution < -0.4 is 10.1 Å². The normalized spacial score (nSPS) is 11.7. The maximum absolute atomic E-state index is 11.4. The van der Waals surface area contributed by atoms with Crippen molar-refractivity contribution in [2.24, 2.45) is 0 Å². The summed E-state index contributed by atoms with van der Waals surface area (Å²) in [4.78, 5) is 22.0. The van der Waals surface area contributed by atoms with E-state index in [0.29, 0.717) is 6.61 Å². The number of para-hydroxylation sites is 1. The molecule has 1 atom stereocenters. The van der Waals surface area contributed by atoms with Crippen LogP contribution in [0.3, 0.4) is 0 Å². The second kappa shape index (κ2) is 9.73. The lowest BCUT2D eigenvalue weighted by Crippen LogP contribution is -2.39. The zero-order valence-electron chi connectivity index (χ0n) is 11.8. The molecule has 1 amide bonds. The number of hydrogen-bond donors (Lipinski definition) is 2. The predicted molar refractivity (Wildman–Crippen MR) is 74.2 cm³/mol. The molecule has 0 saturated carbocycles. The average molecular weight is 297 g/mol. The maximum Gasteiger partial charge on any atom is 0.334 e. The minimum Gasteiger partial charge on any atom is -0.491 e. The molecule has 0 bridgehead atoms. The third-order valence-corrected chi connectivity index (χ3v) is 2.52. The van der Waals surface area contributed by atoms with Crippen LogP contribution in [-0.2, 0) is 19.1 Å². The molecular formula is C14H19NO6. The van der Waals surface area contributed by atoms with Gasteiger partial charge < -0.3 is 24.6 Å². The first-order chi connectivity index (χ1) is 10.1. The zero-order chi connectivity index (χ0) is 15.5. The molecule has 0 heterocycles. The van der Waals surface area contributed by atoms with Gasteiger partial charge in [-0.05, 0) is 12.1 Å². The van der Waals surface area contributed by atoms with Crippen molar-refractivity contribution >= 4 is 11.9 Å². The molecule has 0 aromatic heterocycles. The van der Waals surface area contributed by atoms with Gasteiger partial charge in [0, 0.05) is 7.11 Å². The standard InChI is InChI=1S/C14H19NO6/c1-19-12(14(17)18)9-15-13(16)10-20-7-8-21-11-5-3-2-4-6-11/h2-6,12H,7-10H2,1H3,(H,15,16)(H,17,18). The van der Waals surface area contributed by atoms with Crippen molar-refractivity contribution in [2.75, 3.05) is 33.5 Å². The van der Waals surface area contributed by atoms with Gasteiger partial charge >= 0.3 is 5.97 Å². The van der Waals surface area contributed by atoms with Crippen LogP contribution in [0.25, 0.3) is 0 Å². The minimum atomic E-state index is -1.13. The topological polar surface area (TPSA) is 94.1 Å². The molecule has 21 heavy (non-hydrogen) atoms. The van der Waals surface area contributed by atoms with E-state index >= 15 is 0 Å². The molecule has 1 unspecified atom stereocenters. The van der Waals surface area contributed by atoms with E-state index in [2.05, 4.69) is 10.1 Å². The Kier molecular flexibility index (Phi) is 7.85. The SMILES string of the molecule is COC(CNC(=O)COCCOc1ccccc1)C(=O)O. The predicted octanol–water partition coefficient (Wildman–Crippen LogP) is 0.298. The maximum atomic E-state index is 11.4. The number of benzene rings is 1. The minimum absolute atomic E-state index is 0.103. The van der Waals surface area contributed by atoms with E-state index in [-0.39, 0.29) is 19.8 Å². The number of nitrogens with one attached hydrogen (secondary N) is 1. The molecule has 1 aromatic carbocycles. The van der Waals surface area contributed by atoms with Gasteiger partial charge in [-0.25, -0.2) is 4.79 Å². The summed E-state index contributed by atoms with van der Waals surface area (Å²) in [5.41, 5.74) is 0. The molecule has 2 N–H and O–H groups in total. The Bertz CT molecular complexity index is 436. The van der Waals surface area contributed by atoms with Crippen LogP contribution in [0.1, 0.15) is 0 Å². The van der Waals surface area contributed by atoms with Crippen LogP contribution >= 0.6 is 0 Å². The monoisotopic (exact) mass is 297 g/mol. The van der Waals surface area contributed by atoms with E-state index in [1.54, 1.807) is 0 Å². The Morgan fingerprint density at radius 3 is 2.57 bits per heavy atom. The molecule has 0 aliphatic rings. The number of rotatable bonds is 10. The number of carboxylic acids is 1. The number of hydrogen-bond acceptors (Lipinski definition) is 5. The molecule has 7 nitrogen and oxygen atoms in total. The second-order valence-corrected chi connectivity index (χ2v) is 4.08. The van der Waals surface area contributed by atoms with Crippen molar-refractivity contribution < 1.29 is 28.9 Å². The molecule has 0 aliphatic heterocycles. The molecule has 0 aliphatic carbocycles. The number of carboxylic acid groups (broad SMARTS) is 1. The summed E-state index contributed by atoms with van der Waals surface area (Å²) in [6.07, 6.45) is -1.06. The van der Waals surface area contributed by atoms with Crippen molar-refractivity contribution in [1.29, 1.82) is 0 Å². The van der Waals surface area contributed by atoms with E-state index in [9.17, 15) is 9.59 Å². The van der Waals surface area contributed by atoms with Crippen LogP contribution in [0.5, 0.6) is 5.75 Å². The fourth-order valence-corrected chi connectivity index (χ4v) is 1.43. The van der Waals surface area contributed by atoms with Crippen molar-refractivity contribution in [1.82, 2.24) is 5.32 Å². The van der Waals surface area contributed by atoms with Crippen LogP contribution in [0.2, 0.25) is 0 Å². The van der Waals surface area contributed by atoms with Gasteiger partial charge in [0.05, 0.1) is 13.2 Å². The molecule has 0 spiro atoms. The van der Waals surface area contributed by atoms with Gasteiger partial charge in [0.1, 0.15) is 19.0 Å². The van der Waals surface area contributed by atoms with Crippen LogP contribution in [-0.4, -0.2) is 56.6 Å². The largest absolute Gasteiger partial charge is 0.491 e. The summed E-state index contributed by atoms with van der Waals surface area (Å²) < 4.78 is 15.2. The Morgan fingerprint density at radius 1 is 1.24 bits per heavy atom. The highest BCUT2D eigenvalue weighted by Crippen LogP contribution is 2.07. The fourth-order valence-electron chi connectivity index (χ4n) is 1.43. The number of aliphatic carboxylic acids is 1. The van der Waals surface area contributed by atoms with E-state index in [0.717, 1.165) is 5.75 Å². The molecular weight excluding hydrogens is 278 g/mol. The number of methoxy groups -OCH3 is 1. The summed E-state index contributed by atoms with van der Waals surface area (Å²) in [6.45, 7) is 0.324. The number of amides is 1. The summed E-state index contributed by atoms with van der Waals surface area (Å²) in [5.74, 6) is -0.803. The van der Waals surface area contributed by atoms with Crippen molar-refractivity contribution in [2.45, 2.75) is 6.10 Å². The van der Waals surface area contributed by atoms with Crippen LogP contribution in [0.4, 0.5) is 0 Å². The third kappa shape index (κ3) is 7.28. The molecule has 7 heteroatoms. The number of ether oxygens (including phenoxy) is 3. The van der Waals surface area contributed by atoms with Gasteiger partial charge in [-0.15, -0.1) is 0 Å². The first-order valence-electron chi connectivity index (χ1n) is 6.41. The molecule has 0 fully saturated rings. The summed E-state index contributed by atoms with van der Waals surface area (Å²) >= 11 is 0. The molecule has 1 aromatic rings. The van der Waals surface area contributed by atoms with Crippen molar-refractivity contribution in [3.63, 3.8) is 0 Å². The van der Waals surface area contributed by atoms with Gasteiger partial charge in [0.15, 0.2) is 6.10 Å². The lowest BCUT2D eigenvalue weighted by Gasteiger charge is -2.11. The lowest BCUT2D eigenvalue weighted by atomic mass is 10.3. The van der Waals surface area contributed by atoms with Crippen LogP contribution in [0.15, 0.2) is 30.3 Å². The van der Waals surface area contributed by atoms with Crippen molar-refractivity contribution in [3.8, 4) is 5.75 Å². The van der Waals surface area contributed by atoms with Gasteiger partial charge in [-0.3, -0.25) is 4.79 Å². The van der Waals surface area contributed by atoms with E-state index in [1.165, 1.54) is 7.11 Å². The van der Waals surface area contributed by atoms with Gasteiger partial charge in [0.25, 0.3) is 0 Å². The Balaban J connectivity index is 2.07. The van der Waals surface area contributed by atoms with E-state index in [1.807, 2.05) is 30.3 Å². The first-order valence-corrected chi connectivity index (χ1v) is 6.41. The molecule has 0 saturated heterocycles. The van der Waals surface area contributed by atoms with Crippen LogP contribution in [0, 0.1) is 0 Å². The molecule has 0 radical (unpaired) electrons.